The Kier molecular flexibility index (Phi) is 2.33. The van der Waals surface area contributed by atoms with Crippen molar-refractivity contribution in [3.8, 4) is 0 Å². The average Bonchev–Trinajstić information content (AvgIpc) is 2.94. The molecule has 8 nitrogen and oxygen atoms in total. The summed E-state index contributed by atoms with van der Waals surface area (Å²) in [6.45, 7) is 0.548. The van der Waals surface area contributed by atoms with Crippen LogP contribution in [0.2, 0.25) is 0 Å². The summed E-state index contributed by atoms with van der Waals surface area (Å²) >= 11 is 0. The predicted molar refractivity (Wildman–Crippen MR) is 64.1 cm³/mol. The van der Waals surface area contributed by atoms with Gasteiger partial charge in [0.25, 0.3) is 0 Å². The maximum Gasteiger partial charge on any atom is 0.364 e. The maximum absolute atomic E-state index is 11.3. The van der Waals surface area contributed by atoms with Crippen molar-refractivity contribution in [1.29, 1.82) is 0 Å². The molecule has 3 aromatic heterocycles. The molecule has 0 bridgehead atoms. The lowest BCUT2D eigenvalue weighted by Crippen LogP contribution is -2.14. The summed E-state index contributed by atoms with van der Waals surface area (Å²) in [5.74, 6) is 0.594. The minimum atomic E-state index is -0.355. The van der Waals surface area contributed by atoms with Crippen molar-refractivity contribution in [2.75, 3.05) is 5.32 Å². The summed E-state index contributed by atoms with van der Waals surface area (Å²) in [7, 11) is 1.86. The normalized spacial score (nSPS) is 10.9. The third-order valence-electron chi connectivity index (χ3n) is 2.49. The molecule has 8 heteroatoms. The lowest BCUT2D eigenvalue weighted by atomic mass is 10.4. The van der Waals surface area contributed by atoms with Crippen molar-refractivity contribution >= 4 is 11.5 Å². The number of aromatic nitrogens is 6. The highest BCUT2D eigenvalue weighted by Crippen LogP contribution is 2.04. The molecule has 18 heavy (non-hydrogen) atoms. The van der Waals surface area contributed by atoms with Gasteiger partial charge in [0.2, 0.25) is 0 Å². The van der Waals surface area contributed by atoms with Crippen LogP contribution in [0.1, 0.15) is 5.69 Å². The van der Waals surface area contributed by atoms with Gasteiger partial charge in [-0.2, -0.15) is 14.7 Å². The molecule has 0 aliphatic carbocycles. The van der Waals surface area contributed by atoms with Crippen molar-refractivity contribution < 1.29 is 0 Å². The largest absolute Gasteiger partial charge is 0.364 e. The van der Waals surface area contributed by atoms with Crippen LogP contribution in [0.3, 0.4) is 0 Å². The standard InChI is InChI=1S/C10H11N7O/c1-16-5-4-7(14-16)6-11-8-2-3-9-12-13-10(18)17(9)15-8/h2-5H,6H2,1H3,(H,11,15)(H,13,18). The first-order valence-electron chi connectivity index (χ1n) is 5.39. The lowest BCUT2D eigenvalue weighted by Gasteiger charge is -2.02. The van der Waals surface area contributed by atoms with Gasteiger partial charge in [-0.15, -0.1) is 5.10 Å². The molecule has 0 fully saturated rings. The number of hydrogen-bond acceptors (Lipinski definition) is 5. The summed E-state index contributed by atoms with van der Waals surface area (Å²) in [6.07, 6.45) is 1.87. The third kappa shape index (κ3) is 1.83. The van der Waals surface area contributed by atoms with Crippen LogP contribution in [0.4, 0.5) is 5.82 Å². The topological polar surface area (TPSA) is 92.9 Å². The van der Waals surface area contributed by atoms with Gasteiger partial charge in [0.05, 0.1) is 12.2 Å². The number of H-pyrrole nitrogens is 1. The van der Waals surface area contributed by atoms with E-state index in [1.54, 1.807) is 16.8 Å². The fourth-order valence-electron chi connectivity index (χ4n) is 1.64. The highest BCUT2D eigenvalue weighted by molar-refractivity contribution is 5.43. The van der Waals surface area contributed by atoms with E-state index in [0.717, 1.165) is 5.69 Å². The minimum absolute atomic E-state index is 0.355. The zero-order valence-electron chi connectivity index (χ0n) is 9.66. The first kappa shape index (κ1) is 10.5. The van der Waals surface area contributed by atoms with Crippen LogP contribution in [0.25, 0.3) is 5.65 Å². The second-order valence-corrected chi connectivity index (χ2v) is 3.85. The quantitative estimate of drug-likeness (QED) is 0.664. The first-order chi connectivity index (χ1) is 8.72. The van der Waals surface area contributed by atoms with E-state index in [0.29, 0.717) is 18.0 Å². The molecular weight excluding hydrogens is 234 g/mol. The molecule has 2 N–H and O–H groups in total. The molecular formula is C10H11N7O. The molecule has 0 saturated heterocycles. The Morgan fingerprint density at radius 1 is 1.33 bits per heavy atom. The van der Waals surface area contributed by atoms with Crippen molar-refractivity contribution in [2.24, 2.45) is 7.05 Å². The van der Waals surface area contributed by atoms with Crippen LogP contribution in [-0.2, 0) is 13.6 Å². The van der Waals surface area contributed by atoms with E-state index in [4.69, 9.17) is 0 Å². The van der Waals surface area contributed by atoms with E-state index in [-0.39, 0.29) is 5.69 Å². The Bertz CT molecular complexity index is 738. The van der Waals surface area contributed by atoms with Gasteiger partial charge in [0.1, 0.15) is 5.82 Å². The number of nitrogens with one attached hydrogen (secondary N) is 2. The zero-order valence-corrected chi connectivity index (χ0v) is 9.66. The minimum Gasteiger partial charge on any atom is -0.363 e. The Balaban J connectivity index is 1.82. The van der Waals surface area contributed by atoms with E-state index in [1.165, 1.54) is 4.52 Å². The van der Waals surface area contributed by atoms with Crippen molar-refractivity contribution in [2.45, 2.75) is 6.54 Å². The summed E-state index contributed by atoms with van der Waals surface area (Å²) in [5.41, 5.74) is 1.04. The number of nitrogens with zero attached hydrogens (tertiary/aromatic N) is 5. The second-order valence-electron chi connectivity index (χ2n) is 3.85. The van der Waals surface area contributed by atoms with Gasteiger partial charge in [0.15, 0.2) is 5.65 Å². The summed E-state index contributed by atoms with van der Waals surface area (Å²) in [5, 5.41) is 17.6. The van der Waals surface area contributed by atoms with Crippen LogP contribution in [-0.4, -0.2) is 29.6 Å². The number of anilines is 1. The fraction of sp³-hybridized carbons (Fsp3) is 0.200. The van der Waals surface area contributed by atoms with Gasteiger partial charge in [-0.05, 0) is 18.2 Å². The summed E-state index contributed by atoms with van der Waals surface area (Å²) in [4.78, 5) is 11.3. The molecule has 0 aliphatic rings. The van der Waals surface area contributed by atoms with Crippen molar-refractivity contribution in [3.05, 3.63) is 40.6 Å². The van der Waals surface area contributed by atoms with E-state index >= 15 is 0 Å². The molecule has 0 aliphatic heterocycles. The van der Waals surface area contributed by atoms with Gasteiger partial charge in [-0.3, -0.25) is 4.68 Å². The maximum atomic E-state index is 11.3. The van der Waals surface area contributed by atoms with Gasteiger partial charge >= 0.3 is 5.69 Å². The molecule has 3 rings (SSSR count). The molecule has 0 amide bonds. The Hall–Kier alpha value is -2.64. The van der Waals surface area contributed by atoms with Crippen molar-refractivity contribution in [3.63, 3.8) is 0 Å². The fourth-order valence-corrected chi connectivity index (χ4v) is 1.64. The molecule has 92 valence electrons. The van der Waals surface area contributed by atoms with E-state index in [9.17, 15) is 4.79 Å². The number of aromatic amines is 1. The van der Waals surface area contributed by atoms with Crippen molar-refractivity contribution in [1.82, 2.24) is 29.6 Å². The third-order valence-corrected chi connectivity index (χ3v) is 2.49. The van der Waals surface area contributed by atoms with Crippen LogP contribution < -0.4 is 11.0 Å². The molecule has 0 aromatic carbocycles. The second kappa shape index (κ2) is 3.99. The molecule has 0 radical (unpaired) electrons. The lowest BCUT2D eigenvalue weighted by molar-refractivity contribution is 0.746. The van der Waals surface area contributed by atoms with Gasteiger partial charge < -0.3 is 5.32 Å². The summed E-state index contributed by atoms with van der Waals surface area (Å²) < 4.78 is 2.94. The van der Waals surface area contributed by atoms with E-state index in [2.05, 4.69) is 25.7 Å². The molecule has 0 atom stereocenters. The zero-order chi connectivity index (χ0) is 12.5. The van der Waals surface area contributed by atoms with Crippen LogP contribution in [0.15, 0.2) is 29.2 Å². The molecule has 3 aromatic rings. The Morgan fingerprint density at radius 2 is 2.22 bits per heavy atom. The van der Waals surface area contributed by atoms with Crippen LogP contribution in [0.5, 0.6) is 0 Å². The number of fused-ring (bicyclic) bond motifs is 1. The summed E-state index contributed by atoms with van der Waals surface area (Å²) in [6, 6.07) is 5.39. The van der Waals surface area contributed by atoms with Gasteiger partial charge in [0, 0.05) is 13.2 Å². The van der Waals surface area contributed by atoms with Gasteiger partial charge in [-0.25, -0.2) is 9.89 Å². The Morgan fingerprint density at radius 3 is 3.00 bits per heavy atom. The average molecular weight is 245 g/mol. The van der Waals surface area contributed by atoms with Gasteiger partial charge in [-0.1, -0.05) is 0 Å². The number of aryl methyl sites for hydroxylation is 1. The monoisotopic (exact) mass is 245 g/mol. The molecule has 0 saturated carbocycles. The molecule has 0 unspecified atom stereocenters. The first-order valence-corrected chi connectivity index (χ1v) is 5.39. The van der Waals surface area contributed by atoms with Crippen LogP contribution >= 0.6 is 0 Å². The molecule has 0 spiro atoms. The smallest absolute Gasteiger partial charge is 0.363 e. The van der Waals surface area contributed by atoms with Crippen LogP contribution in [0, 0.1) is 0 Å². The highest BCUT2D eigenvalue weighted by atomic mass is 16.2. The number of hydrogen-bond donors (Lipinski definition) is 2. The van der Waals surface area contributed by atoms with E-state index < -0.39 is 0 Å². The highest BCUT2D eigenvalue weighted by Gasteiger charge is 2.03. The predicted octanol–water partition coefficient (Wildman–Crippen LogP) is -0.237. The number of rotatable bonds is 3. The Labute approximate surface area is 101 Å². The van der Waals surface area contributed by atoms with E-state index in [1.807, 2.05) is 19.3 Å². The SMILES string of the molecule is Cn1ccc(CNc2ccc3n[nH]c(=O)n3n2)n1. The molecule has 3 heterocycles.